The molecule has 9 heteroatoms. The van der Waals surface area contributed by atoms with E-state index in [-0.39, 0.29) is 23.7 Å². The van der Waals surface area contributed by atoms with Gasteiger partial charge in [-0.1, -0.05) is 28.9 Å². The van der Waals surface area contributed by atoms with Crippen LogP contribution in [0, 0.1) is 12.8 Å². The van der Waals surface area contributed by atoms with Crippen LogP contribution in [-0.2, 0) is 11.2 Å². The van der Waals surface area contributed by atoms with Crippen molar-refractivity contribution in [2.24, 2.45) is 5.92 Å². The lowest BCUT2D eigenvalue weighted by Crippen LogP contribution is -2.48. The van der Waals surface area contributed by atoms with E-state index in [2.05, 4.69) is 15.1 Å². The monoisotopic (exact) mass is 435 g/mol. The maximum Gasteiger partial charge on any atom is 0.276 e. The molecule has 166 valence electrons. The maximum absolute atomic E-state index is 12.9. The molecule has 0 spiro atoms. The van der Waals surface area contributed by atoms with Gasteiger partial charge in [0.15, 0.2) is 23.7 Å². The largest absolute Gasteiger partial charge is 0.443 e. The van der Waals surface area contributed by atoms with E-state index in [1.807, 2.05) is 38.2 Å². The number of hydrogen-bond donors (Lipinski definition) is 0. The van der Waals surface area contributed by atoms with Gasteiger partial charge in [-0.05, 0) is 25.8 Å². The van der Waals surface area contributed by atoms with Gasteiger partial charge >= 0.3 is 0 Å². The molecular formula is C23H25N5O4. The van der Waals surface area contributed by atoms with Gasteiger partial charge < -0.3 is 18.7 Å². The van der Waals surface area contributed by atoms with Crippen LogP contribution in [0.25, 0.3) is 11.3 Å². The number of likely N-dealkylation sites (tertiary alicyclic amines) is 1. The molecule has 0 bridgehead atoms. The van der Waals surface area contributed by atoms with Crippen molar-refractivity contribution < 1.29 is 18.5 Å². The van der Waals surface area contributed by atoms with Gasteiger partial charge in [0.2, 0.25) is 11.8 Å². The van der Waals surface area contributed by atoms with Crippen molar-refractivity contribution in [2.45, 2.75) is 32.1 Å². The standard InChI is InChI=1S/C23H25N5O4/c1-14-4-3-5-16(10-14)20-19(24-13-31-20)23(30)28-11-17(12-28)21-25-18(26-32-21)8-9-27(2)22(29)15-6-7-15/h3-5,10,13,15,17H,6-9,11-12H2,1-2H3. The Balaban J connectivity index is 1.17. The van der Waals surface area contributed by atoms with Crippen LogP contribution in [-0.4, -0.2) is 63.4 Å². The Morgan fingerprint density at radius 2 is 2.06 bits per heavy atom. The highest BCUT2D eigenvalue weighted by Gasteiger charge is 2.38. The third-order valence-corrected chi connectivity index (χ3v) is 6.03. The molecule has 1 aliphatic heterocycles. The van der Waals surface area contributed by atoms with E-state index < -0.39 is 0 Å². The van der Waals surface area contributed by atoms with Crippen molar-refractivity contribution >= 4 is 11.8 Å². The Labute approximate surface area is 185 Å². The molecule has 2 amide bonds. The highest BCUT2D eigenvalue weighted by atomic mass is 16.5. The number of carbonyl (C=O) groups excluding carboxylic acids is 2. The minimum atomic E-state index is -0.175. The lowest BCUT2D eigenvalue weighted by Gasteiger charge is -2.36. The van der Waals surface area contributed by atoms with E-state index in [0.717, 1.165) is 24.0 Å². The zero-order valence-electron chi connectivity index (χ0n) is 18.2. The van der Waals surface area contributed by atoms with E-state index in [0.29, 0.717) is 49.2 Å². The second-order valence-corrected chi connectivity index (χ2v) is 8.64. The predicted octanol–water partition coefficient (Wildman–Crippen LogP) is 2.68. The molecule has 3 heterocycles. The molecule has 1 aromatic carbocycles. The minimum Gasteiger partial charge on any atom is -0.443 e. The normalized spacial score (nSPS) is 16.1. The molecule has 0 unspecified atom stereocenters. The van der Waals surface area contributed by atoms with Gasteiger partial charge in [0.1, 0.15) is 0 Å². The van der Waals surface area contributed by atoms with Crippen LogP contribution in [0.1, 0.15) is 46.5 Å². The lowest BCUT2D eigenvalue weighted by atomic mass is 9.99. The van der Waals surface area contributed by atoms with Gasteiger partial charge in [0, 0.05) is 44.6 Å². The Kier molecular flexibility index (Phi) is 5.24. The second-order valence-electron chi connectivity index (χ2n) is 8.64. The van der Waals surface area contributed by atoms with Gasteiger partial charge in [-0.3, -0.25) is 9.59 Å². The second kappa shape index (κ2) is 8.22. The number of amides is 2. The van der Waals surface area contributed by atoms with E-state index >= 15 is 0 Å². The number of benzene rings is 1. The molecule has 0 radical (unpaired) electrons. The summed E-state index contributed by atoms with van der Waals surface area (Å²) in [4.78, 5) is 37.1. The molecule has 32 heavy (non-hydrogen) atoms. The van der Waals surface area contributed by atoms with Crippen molar-refractivity contribution in [1.82, 2.24) is 24.9 Å². The molecule has 2 aromatic heterocycles. The molecule has 1 aliphatic carbocycles. The Bertz CT molecular complexity index is 1140. The van der Waals surface area contributed by atoms with Crippen LogP contribution in [0.3, 0.4) is 0 Å². The fourth-order valence-electron chi connectivity index (χ4n) is 3.89. The van der Waals surface area contributed by atoms with Crippen LogP contribution in [0.4, 0.5) is 0 Å². The number of aryl methyl sites for hydroxylation is 1. The lowest BCUT2D eigenvalue weighted by molar-refractivity contribution is -0.131. The fourth-order valence-corrected chi connectivity index (χ4v) is 3.89. The topological polar surface area (TPSA) is 106 Å². The first-order valence-corrected chi connectivity index (χ1v) is 10.9. The first kappa shape index (κ1) is 20.4. The highest BCUT2D eigenvalue weighted by molar-refractivity contribution is 5.98. The maximum atomic E-state index is 12.9. The van der Waals surface area contributed by atoms with Crippen molar-refractivity contribution in [3.63, 3.8) is 0 Å². The number of likely N-dealkylation sites (N-methyl/N-ethyl adjacent to an activating group) is 1. The van der Waals surface area contributed by atoms with Crippen LogP contribution < -0.4 is 0 Å². The summed E-state index contributed by atoms with van der Waals surface area (Å²) >= 11 is 0. The average Bonchev–Trinajstić information content (AvgIpc) is 3.29. The van der Waals surface area contributed by atoms with Crippen LogP contribution in [0.5, 0.6) is 0 Å². The van der Waals surface area contributed by atoms with Crippen molar-refractivity contribution in [3.05, 3.63) is 53.6 Å². The summed E-state index contributed by atoms with van der Waals surface area (Å²) in [6, 6.07) is 7.78. The SMILES string of the molecule is Cc1cccc(-c2ocnc2C(=O)N2CC(c3nc(CCN(C)C(=O)C4CC4)no3)C2)c1. The summed E-state index contributed by atoms with van der Waals surface area (Å²) < 4.78 is 10.9. The molecule has 1 saturated carbocycles. The molecule has 2 fully saturated rings. The van der Waals surface area contributed by atoms with Gasteiger partial charge in [0.05, 0.1) is 5.92 Å². The Morgan fingerprint density at radius 1 is 1.25 bits per heavy atom. The molecule has 5 rings (SSSR count). The first-order chi connectivity index (χ1) is 15.5. The smallest absolute Gasteiger partial charge is 0.276 e. The summed E-state index contributed by atoms with van der Waals surface area (Å²) in [5.41, 5.74) is 2.22. The number of rotatable bonds is 7. The van der Waals surface area contributed by atoms with Gasteiger partial charge in [-0.15, -0.1) is 0 Å². The molecular weight excluding hydrogens is 410 g/mol. The summed E-state index contributed by atoms with van der Waals surface area (Å²) in [6.07, 6.45) is 3.84. The van der Waals surface area contributed by atoms with Crippen LogP contribution >= 0.6 is 0 Å². The van der Waals surface area contributed by atoms with E-state index in [1.165, 1.54) is 6.39 Å². The van der Waals surface area contributed by atoms with Crippen molar-refractivity contribution in [2.75, 3.05) is 26.7 Å². The van der Waals surface area contributed by atoms with Gasteiger partial charge in [-0.2, -0.15) is 4.98 Å². The molecule has 1 saturated heterocycles. The van der Waals surface area contributed by atoms with Crippen molar-refractivity contribution in [3.8, 4) is 11.3 Å². The molecule has 2 aliphatic rings. The fraction of sp³-hybridized carbons (Fsp3) is 0.435. The molecule has 0 atom stereocenters. The number of carbonyl (C=O) groups is 2. The van der Waals surface area contributed by atoms with Crippen LogP contribution in [0.15, 0.2) is 39.6 Å². The van der Waals surface area contributed by atoms with Gasteiger partial charge in [-0.25, -0.2) is 4.98 Å². The quantitative estimate of drug-likeness (QED) is 0.562. The van der Waals surface area contributed by atoms with Crippen LogP contribution in [0.2, 0.25) is 0 Å². The summed E-state index contributed by atoms with van der Waals surface area (Å²) in [5.74, 6) is 1.81. The number of nitrogens with zero attached hydrogens (tertiary/aromatic N) is 5. The third kappa shape index (κ3) is 4.02. The average molecular weight is 435 g/mol. The highest BCUT2D eigenvalue weighted by Crippen LogP contribution is 2.31. The van der Waals surface area contributed by atoms with E-state index in [1.54, 1.807) is 9.80 Å². The number of hydrogen-bond acceptors (Lipinski definition) is 7. The third-order valence-electron chi connectivity index (χ3n) is 6.03. The van der Waals surface area contributed by atoms with E-state index in [4.69, 9.17) is 8.94 Å². The zero-order chi connectivity index (χ0) is 22.2. The van der Waals surface area contributed by atoms with Gasteiger partial charge in [0.25, 0.3) is 5.91 Å². The molecule has 0 N–H and O–H groups in total. The Morgan fingerprint density at radius 3 is 2.81 bits per heavy atom. The first-order valence-electron chi connectivity index (χ1n) is 10.9. The minimum absolute atomic E-state index is 0.000321. The Hall–Kier alpha value is -3.49. The van der Waals surface area contributed by atoms with Crippen molar-refractivity contribution in [1.29, 1.82) is 0 Å². The zero-order valence-corrected chi connectivity index (χ0v) is 18.2. The van der Waals surface area contributed by atoms with E-state index in [9.17, 15) is 9.59 Å². The predicted molar refractivity (Wildman–Crippen MR) is 114 cm³/mol. The summed E-state index contributed by atoms with van der Waals surface area (Å²) in [5, 5.41) is 4.04. The number of aromatic nitrogens is 3. The summed E-state index contributed by atoms with van der Waals surface area (Å²) in [6.45, 7) is 3.53. The summed E-state index contributed by atoms with van der Waals surface area (Å²) in [7, 11) is 1.81. The number of oxazole rings is 1. The molecule has 9 nitrogen and oxygen atoms in total. The molecule has 3 aromatic rings.